The van der Waals surface area contributed by atoms with Crippen molar-refractivity contribution >= 4 is 22.0 Å². The molecule has 0 saturated carbocycles. The van der Waals surface area contributed by atoms with Gasteiger partial charge in [0.1, 0.15) is 0 Å². The minimum atomic E-state index is -4.83. The first-order valence-electron chi connectivity index (χ1n) is 6.58. The number of carbonyl (C=O) groups excluding carboxylic acids is 1. The quantitative estimate of drug-likeness (QED) is 0.724. The average Bonchev–Trinajstić information content (AvgIpc) is 2.82. The number of methoxy groups -OCH3 is 1. The molecule has 11 heteroatoms. The van der Waals surface area contributed by atoms with Crippen molar-refractivity contribution < 1.29 is 41.0 Å². The Bertz CT molecular complexity index is 586. The summed E-state index contributed by atoms with van der Waals surface area (Å²) in [4.78, 5) is 22.5. The highest BCUT2D eigenvalue weighted by Crippen LogP contribution is 2.39. The summed E-state index contributed by atoms with van der Waals surface area (Å²) in [6.07, 6.45) is -4.83. The molecule has 1 saturated heterocycles. The highest BCUT2D eigenvalue weighted by Gasteiger charge is 2.55. The standard InChI is InChI=1S/C12H18F3NO6S/c1-11(2,10(19)22-3)6-23(20,21)16-4-7(9(17)18)8(5-16)12(13,14)15/h7-8H,4-6H2,1-3H3,(H,17,18)/t7-,8-/m1/s1. The summed E-state index contributed by atoms with van der Waals surface area (Å²) >= 11 is 0. The number of halogens is 3. The molecule has 0 unspecified atom stereocenters. The molecule has 0 bridgehead atoms. The van der Waals surface area contributed by atoms with E-state index in [-0.39, 0.29) is 0 Å². The highest BCUT2D eigenvalue weighted by molar-refractivity contribution is 7.89. The zero-order valence-corrected chi connectivity index (χ0v) is 13.6. The molecule has 1 heterocycles. The van der Waals surface area contributed by atoms with E-state index < -0.39 is 64.2 Å². The molecule has 1 fully saturated rings. The monoisotopic (exact) mass is 361 g/mol. The number of aliphatic carboxylic acids is 1. The Labute approximate surface area is 131 Å². The van der Waals surface area contributed by atoms with Gasteiger partial charge in [0.2, 0.25) is 10.0 Å². The van der Waals surface area contributed by atoms with E-state index in [1.807, 2.05) is 0 Å². The third-order valence-electron chi connectivity index (χ3n) is 3.70. The maximum absolute atomic E-state index is 12.9. The summed E-state index contributed by atoms with van der Waals surface area (Å²) in [5, 5.41) is 8.89. The molecule has 0 aromatic heterocycles. The third-order valence-corrected chi connectivity index (χ3v) is 5.87. The van der Waals surface area contributed by atoms with Gasteiger partial charge in [0.25, 0.3) is 0 Å². The summed E-state index contributed by atoms with van der Waals surface area (Å²) < 4.78 is 68.2. The van der Waals surface area contributed by atoms with Crippen LogP contribution in [0.2, 0.25) is 0 Å². The van der Waals surface area contributed by atoms with Gasteiger partial charge in [0, 0.05) is 13.1 Å². The van der Waals surface area contributed by atoms with Crippen LogP contribution in [0.3, 0.4) is 0 Å². The fourth-order valence-electron chi connectivity index (χ4n) is 2.46. The zero-order valence-electron chi connectivity index (χ0n) is 12.8. The van der Waals surface area contributed by atoms with Crippen LogP contribution in [-0.4, -0.2) is 61.9 Å². The summed E-state index contributed by atoms with van der Waals surface area (Å²) in [6.45, 7) is 0.809. The molecule has 0 amide bonds. The molecule has 0 spiro atoms. The second-order valence-electron chi connectivity index (χ2n) is 6.04. The maximum Gasteiger partial charge on any atom is 0.393 e. The summed E-state index contributed by atoms with van der Waals surface area (Å²) in [5.41, 5.74) is -1.47. The topological polar surface area (TPSA) is 101 Å². The van der Waals surface area contributed by atoms with Gasteiger partial charge in [-0.1, -0.05) is 0 Å². The van der Waals surface area contributed by atoms with Gasteiger partial charge in [-0.05, 0) is 13.8 Å². The van der Waals surface area contributed by atoms with Crippen LogP contribution >= 0.6 is 0 Å². The molecule has 7 nitrogen and oxygen atoms in total. The maximum atomic E-state index is 12.9. The minimum absolute atomic E-state index is 0.481. The second kappa shape index (κ2) is 6.27. The molecule has 0 aromatic carbocycles. The van der Waals surface area contributed by atoms with E-state index in [0.29, 0.717) is 4.31 Å². The molecule has 0 radical (unpaired) electrons. The number of alkyl halides is 3. The van der Waals surface area contributed by atoms with Crippen molar-refractivity contribution in [3.05, 3.63) is 0 Å². The molecule has 1 aliphatic rings. The molecule has 134 valence electrons. The normalized spacial score (nSPS) is 23.7. The van der Waals surface area contributed by atoms with E-state index in [1.54, 1.807) is 0 Å². The van der Waals surface area contributed by atoms with Crippen molar-refractivity contribution in [2.75, 3.05) is 26.0 Å². The SMILES string of the molecule is COC(=O)C(C)(C)CS(=O)(=O)N1C[C@@H](C(F)(F)F)[C@H](C(=O)O)C1. The highest BCUT2D eigenvalue weighted by atomic mass is 32.2. The first-order valence-corrected chi connectivity index (χ1v) is 8.19. The first kappa shape index (κ1) is 19.7. The van der Waals surface area contributed by atoms with E-state index in [0.717, 1.165) is 7.11 Å². The van der Waals surface area contributed by atoms with Crippen LogP contribution < -0.4 is 0 Å². The largest absolute Gasteiger partial charge is 0.481 e. The van der Waals surface area contributed by atoms with E-state index in [4.69, 9.17) is 5.11 Å². The zero-order chi connectivity index (χ0) is 18.2. The van der Waals surface area contributed by atoms with Gasteiger partial charge in [-0.15, -0.1) is 0 Å². The Morgan fingerprint density at radius 1 is 1.26 bits per heavy atom. The molecule has 1 N–H and O–H groups in total. The average molecular weight is 361 g/mol. The van der Waals surface area contributed by atoms with Crippen molar-refractivity contribution in [3.8, 4) is 0 Å². The Morgan fingerprint density at radius 2 is 1.78 bits per heavy atom. The Balaban J connectivity index is 3.03. The number of rotatable bonds is 5. The van der Waals surface area contributed by atoms with Gasteiger partial charge < -0.3 is 9.84 Å². The molecular formula is C12H18F3NO6S. The van der Waals surface area contributed by atoms with Crippen LogP contribution in [-0.2, 0) is 24.3 Å². The van der Waals surface area contributed by atoms with Gasteiger partial charge in [0.05, 0.1) is 30.1 Å². The van der Waals surface area contributed by atoms with Gasteiger partial charge >= 0.3 is 18.1 Å². The lowest BCUT2D eigenvalue weighted by atomic mass is 9.96. The van der Waals surface area contributed by atoms with Crippen LogP contribution in [0, 0.1) is 17.3 Å². The molecule has 1 aliphatic heterocycles. The van der Waals surface area contributed by atoms with Crippen molar-refractivity contribution in [3.63, 3.8) is 0 Å². The lowest BCUT2D eigenvalue weighted by Crippen LogP contribution is -2.41. The Morgan fingerprint density at radius 3 is 2.13 bits per heavy atom. The molecule has 0 aromatic rings. The van der Waals surface area contributed by atoms with E-state index in [2.05, 4.69) is 4.74 Å². The Hall–Kier alpha value is -1.36. The van der Waals surface area contributed by atoms with Crippen molar-refractivity contribution in [2.45, 2.75) is 20.0 Å². The Kier molecular flexibility index (Phi) is 5.36. The van der Waals surface area contributed by atoms with E-state index in [9.17, 15) is 31.2 Å². The van der Waals surface area contributed by atoms with Gasteiger partial charge in [-0.3, -0.25) is 9.59 Å². The third kappa shape index (κ3) is 4.34. The fraction of sp³-hybridized carbons (Fsp3) is 0.833. The van der Waals surface area contributed by atoms with Crippen molar-refractivity contribution in [1.82, 2.24) is 4.31 Å². The van der Waals surface area contributed by atoms with E-state index >= 15 is 0 Å². The number of ether oxygens (including phenoxy) is 1. The van der Waals surface area contributed by atoms with Crippen LogP contribution in [0.1, 0.15) is 13.8 Å². The van der Waals surface area contributed by atoms with Crippen LogP contribution in [0.25, 0.3) is 0 Å². The van der Waals surface area contributed by atoms with Crippen molar-refractivity contribution in [2.24, 2.45) is 17.3 Å². The number of hydrogen-bond acceptors (Lipinski definition) is 5. The number of sulfonamides is 1. The molecule has 23 heavy (non-hydrogen) atoms. The number of nitrogens with zero attached hydrogens (tertiary/aromatic N) is 1. The smallest absolute Gasteiger partial charge is 0.393 e. The second-order valence-corrected chi connectivity index (χ2v) is 8.01. The number of carboxylic acid groups (broad SMARTS) is 1. The van der Waals surface area contributed by atoms with Gasteiger partial charge in [-0.25, -0.2) is 12.7 Å². The minimum Gasteiger partial charge on any atom is -0.481 e. The number of carbonyl (C=O) groups is 2. The van der Waals surface area contributed by atoms with E-state index in [1.165, 1.54) is 13.8 Å². The lowest BCUT2D eigenvalue weighted by molar-refractivity contribution is -0.187. The molecule has 1 rings (SSSR count). The summed E-state index contributed by atoms with van der Waals surface area (Å²) in [6, 6.07) is 0. The first-order chi connectivity index (χ1) is 10.2. The van der Waals surface area contributed by atoms with Gasteiger partial charge in [0.15, 0.2) is 0 Å². The predicted molar refractivity (Wildman–Crippen MR) is 71.8 cm³/mol. The lowest BCUT2D eigenvalue weighted by Gasteiger charge is -2.25. The molecular weight excluding hydrogens is 343 g/mol. The van der Waals surface area contributed by atoms with Crippen LogP contribution in [0.4, 0.5) is 13.2 Å². The van der Waals surface area contributed by atoms with Crippen molar-refractivity contribution in [1.29, 1.82) is 0 Å². The number of esters is 1. The van der Waals surface area contributed by atoms with Crippen LogP contribution in [0.5, 0.6) is 0 Å². The number of carboxylic acids is 1. The van der Waals surface area contributed by atoms with Crippen LogP contribution in [0.15, 0.2) is 0 Å². The summed E-state index contributed by atoms with van der Waals surface area (Å²) in [5.74, 6) is -7.47. The summed E-state index contributed by atoms with van der Waals surface area (Å²) in [7, 11) is -3.20. The fourth-order valence-corrected chi connectivity index (χ4v) is 4.45. The molecule has 2 atom stereocenters. The molecule has 0 aliphatic carbocycles. The number of hydrogen-bond donors (Lipinski definition) is 1. The predicted octanol–water partition coefficient (Wildman–Crippen LogP) is 0.710. The van der Waals surface area contributed by atoms with Gasteiger partial charge in [-0.2, -0.15) is 13.2 Å².